The molecule has 2 N–H and O–H groups in total. The van der Waals surface area contributed by atoms with E-state index in [0.29, 0.717) is 11.6 Å². The number of anilines is 4. The summed E-state index contributed by atoms with van der Waals surface area (Å²) in [6, 6.07) is 17.6. The third kappa shape index (κ3) is 6.23. The zero-order valence-corrected chi connectivity index (χ0v) is 18.8. The second-order valence-electron chi connectivity index (χ2n) is 6.90. The summed E-state index contributed by atoms with van der Waals surface area (Å²) in [5.41, 5.74) is 3.96. The van der Waals surface area contributed by atoms with Gasteiger partial charge in [0.05, 0.1) is 13.2 Å². The fourth-order valence-electron chi connectivity index (χ4n) is 3.16. The maximum Gasteiger partial charge on any atom is 0.249 e. The first kappa shape index (κ1) is 22.1. The van der Waals surface area contributed by atoms with Gasteiger partial charge < -0.3 is 20.3 Å². The second-order valence-corrected chi connectivity index (χ2v) is 8.25. The predicted octanol–water partition coefficient (Wildman–Crippen LogP) is 4.90. The molecule has 0 radical (unpaired) electrons. The fraction of sp³-hybridized carbons (Fsp3) is 0.174. The monoisotopic (exact) mass is 467 g/mol. The van der Waals surface area contributed by atoms with Crippen LogP contribution in [0.4, 0.5) is 23.0 Å². The normalized spacial score (nSPS) is 13.8. The Labute approximate surface area is 195 Å². The van der Waals surface area contributed by atoms with Crippen LogP contribution >= 0.6 is 23.4 Å². The number of carbonyl (C=O) groups is 1. The summed E-state index contributed by atoms with van der Waals surface area (Å²) < 4.78 is 5.41. The maximum absolute atomic E-state index is 11.7. The van der Waals surface area contributed by atoms with Crippen molar-refractivity contribution in [1.29, 1.82) is 0 Å². The van der Waals surface area contributed by atoms with E-state index in [9.17, 15) is 4.79 Å². The molecule has 0 saturated carbocycles. The van der Waals surface area contributed by atoms with Gasteiger partial charge in [-0.2, -0.15) is 0 Å². The molecule has 0 atom stereocenters. The molecule has 4 rings (SSSR count). The van der Waals surface area contributed by atoms with Crippen LogP contribution in [0.1, 0.15) is 0 Å². The molecule has 9 heteroatoms. The van der Waals surface area contributed by atoms with E-state index in [2.05, 4.69) is 37.6 Å². The molecule has 32 heavy (non-hydrogen) atoms. The van der Waals surface area contributed by atoms with Gasteiger partial charge in [0, 0.05) is 52.9 Å². The van der Waals surface area contributed by atoms with Crippen LogP contribution in [0.25, 0.3) is 0 Å². The van der Waals surface area contributed by atoms with Crippen molar-refractivity contribution >= 4 is 52.3 Å². The van der Waals surface area contributed by atoms with Gasteiger partial charge in [-0.3, -0.25) is 4.79 Å². The standard InChI is InChI=1S/C23H22ClN5O2S/c24-10-8-21(30)26-18-2-1-3-20(16-18)32-22-9-11-25-23(28-22)27-17-4-6-19(7-5-17)29-12-14-31-15-13-29/h1-11,16H,12-15H2,(H,26,30)(H,25,27,28)/b10-8+. The Morgan fingerprint density at radius 3 is 2.69 bits per heavy atom. The van der Waals surface area contributed by atoms with Crippen LogP contribution < -0.4 is 15.5 Å². The van der Waals surface area contributed by atoms with E-state index in [1.165, 1.54) is 29.1 Å². The molecule has 1 amide bonds. The van der Waals surface area contributed by atoms with Gasteiger partial charge in [-0.25, -0.2) is 9.97 Å². The molecule has 3 aromatic rings. The van der Waals surface area contributed by atoms with E-state index < -0.39 is 0 Å². The van der Waals surface area contributed by atoms with E-state index in [1.807, 2.05) is 42.5 Å². The van der Waals surface area contributed by atoms with Crippen molar-refractivity contribution in [2.24, 2.45) is 0 Å². The average molecular weight is 468 g/mol. The molecule has 0 spiro atoms. The summed E-state index contributed by atoms with van der Waals surface area (Å²) in [7, 11) is 0. The highest BCUT2D eigenvalue weighted by Crippen LogP contribution is 2.29. The molecule has 0 unspecified atom stereocenters. The summed E-state index contributed by atoms with van der Waals surface area (Å²) in [5, 5.41) is 6.81. The largest absolute Gasteiger partial charge is 0.378 e. The van der Waals surface area contributed by atoms with Crippen molar-refractivity contribution in [3.63, 3.8) is 0 Å². The molecule has 1 saturated heterocycles. The minimum absolute atomic E-state index is 0.282. The van der Waals surface area contributed by atoms with Crippen LogP contribution in [0.3, 0.4) is 0 Å². The van der Waals surface area contributed by atoms with E-state index >= 15 is 0 Å². The topological polar surface area (TPSA) is 79.4 Å². The predicted molar refractivity (Wildman–Crippen MR) is 129 cm³/mol. The fourth-order valence-corrected chi connectivity index (χ4v) is 4.11. The summed E-state index contributed by atoms with van der Waals surface area (Å²) in [6.07, 6.45) is 2.98. The van der Waals surface area contributed by atoms with Crippen LogP contribution in [0.2, 0.25) is 0 Å². The van der Waals surface area contributed by atoms with Gasteiger partial charge in [0.15, 0.2) is 0 Å². The van der Waals surface area contributed by atoms with Gasteiger partial charge in [0.25, 0.3) is 0 Å². The Kier molecular flexibility index (Phi) is 7.60. The van der Waals surface area contributed by atoms with E-state index in [1.54, 1.807) is 6.20 Å². The summed E-state index contributed by atoms with van der Waals surface area (Å²) in [4.78, 5) is 23.9. The van der Waals surface area contributed by atoms with E-state index in [-0.39, 0.29) is 5.91 Å². The number of amides is 1. The summed E-state index contributed by atoms with van der Waals surface area (Å²) >= 11 is 6.93. The minimum atomic E-state index is -0.282. The van der Waals surface area contributed by atoms with Gasteiger partial charge in [0.2, 0.25) is 11.9 Å². The zero-order chi connectivity index (χ0) is 22.2. The summed E-state index contributed by atoms with van der Waals surface area (Å²) in [5.74, 6) is 0.237. The van der Waals surface area contributed by atoms with Crippen molar-refractivity contribution in [3.8, 4) is 0 Å². The molecule has 164 valence electrons. The van der Waals surface area contributed by atoms with Crippen LogP contribution in [0, 0.1) is 0 Å². The lowest BCUT2D eigenvalue weighted by Crippen LogP contribution is -2.36. The first-order valence-corrected chi connectivity index (χ1v) is 11.3. The van der Waals surface area contributed by atoms with Crippen LogP contribution in [-0.2, 0) is 9.53 Å². The molecule has 0 bridgehead atoms. The number of benzene rings is 2. The van der Waals surface area contributed by atoms with Gasteiger partial charge in [0.1, 0.15) is 5.03 Å². The number of nitrogens with zero attached hydrogens (tertiary/aromatic N) is 3. The van der Waals surface area contributed by atoms with Crippen molar-refractivity contribution in [2.75, 3.05) is 41.8 Å². The number of rotatable bonds is 7. The highest BCUT2D eigenvalue weighted by Gasteiger charge is 2.11. The third-order valence-electron chi connectivity index (χ3n) is 4.67. The van der Waals surface area contributed by atoms with Crippen molar-refractivity contribution < 1.29 is 9.53 Å². The molecule has 1 aliphatic heterocycles. The van der Waals surface area contributed by atoms with Crippen LogP contribution in [0.15, 0.2) is 82.3 Å². The molecular weight excluding hydrogens is 446 g/mol. The van der Waals surface area contributed by atoms with Crippen LogP contribution in [0.5, 0.6) is 0 Å². The Morgan fingerprint density at radius 1 is 1.09 bits per heavy atom. The van der Waals surface area contributed by atoms with Crippen molar-refractivity contribution in [2.45, 2.75) is 9.92 Å². The van der Waals surface area contributed by atoms with Crippen LogP contribution in [-0.4, -0.2) is 42.2 Å². The van der Waals surface area contributed by atoms with Gasteiger partial charge in [-0.1, -0.05) is 29.4 Å². The van der Waals surface area contributed by atoms with Crippen molar-refractivity contribution in [3.05, 3.63) is 72.4 Å². The Hall–Kier alpha value is -3.07. The quantitative estimate of drug-likeness (QED) is 0.378. The number of nitrogens with one attached hydrogen (secondary N) is 2. The molecule has 7 nitrogen and oxygen atoms in total. The smallest absolute Gasteiger partial charge is 0.249 e. The summed E-state index contributed by atoms with van der Waals surface area (Å²) in [6.45, 7) is 3.34. The zero-order valence-electron chi connectivity index (χ0n) is 17.2. The first-order valence-electron chi connectivity index (χ1n) is 10.1. The highest BCUT2D eigenvalue weighted by atomic mass is 35.5. The molecule has 1 fully saturated rings. The third-order valence-corrected chi connectivity index (χ3v) is 5.72. The number of ether oxygens (including phenoxy) is 1. The number of hydrogen-bond acceptors (Lipinski definition) is 7. The average Bonchev–Trinajstić information content (AvgIpc) is 2.81. The number of carbonyl (C=O) groups excluding carboxylic acids is 1. The molecular formula is C23H22ClN5O2S. The molecule has 2 aromatic carbocycles. The second kappa shape index (κ2) is 11.0. The number of hydrogen-bond donors (Lipinski definition) is 2. The van der Waals surface area contributed by atoms with Gasteiger partial charge in [-0.15, -0.1) is 0 Å². The molecule has 0 aliphatic carbocycles. The minimum Gasteiger partial charge on any atom is -0.378 e. The Morgan fingerprint density at radius 2 is 1.91 bits per heavy atom. The SMILES string of the molecule is O=C(/C=C/Cl)Nc1cccc(Sc2ccnc(Nc3ccc(N4CCOCC4)cc3)n2)c1. The first-order chi connectivity index (χ1) is 15.7. The molecule has 1 aliphatic rings. The molecule has 2 heterocycles. The van der Waals surface area contributed by atoms with Gasteiger partial charge >= 0.3 is 0 Å². The highest BCUT2D eigenvalue weighted by molar-refractivity contribution is 7.99. The van der Waals surface area contributed by atoms with E-state index in [4.69, 9.17) is 16.3 Å². The van der Waals surface area contributed by atoms with Gasteiger partial charge in [-0.05, 0) is 48.5 Å². The molecule has 1 aromatic heterocycles. The maximum atomic E-state index is 11.7. The van der Waals surface area contributed by atoms with E-state index in [0.717, 1.165) is 41.9 Å². The Bertz CT molecular complexity index is 1090. The number of halogens is 1. The lowest BCUT2D eigenvalue weighted by molar-refractivity contribution is -0.111. The number of aromatic nitrogens is 2. The lowest BCUT2D eigenvalue weighted by atomic mass is 10.2. The number of morpholine rings is 1. The lowest BCUT2D eigenvalue weighted by Gasteiger charge is -2.28. The van der Waals surface area contributed by atoms with Crippen molar-refractivity contribution in [1.82, 2.24) is 9.97 Å². The Balaban J connectivity index is 1.40.